The Morgan fingerprint density at radius 1 is 0.833 bits per heavy atom. The topological polar surface area (TPSA) is 9.23 Å². The highest BCUT2D eigenvalue weighted by atomic mass is 28.4. The molecule has 0 aliphatic heterocycles. The Morgan fingerprint density at radius 2 is 1.17 bits per heavy atom. The van der Waals surface area contributed by atoms with Crippen molar-refractivity contribution < 1.29 is 4.43 Å². The zero-order valence-corrected chi connectivity index (χ0v) is 15.8. The van der Waals surface area contributed by atoms with Crippen molar-refractivity contribution in [3.05, 3.63) is 0 Å². The van der Waals surface area contributed by atoms with E-state index in [1.165, 1.54) is 0 Å². The molecule has 0 aromatic heterocycles. The predicted octanol–water partition coefficient (Wildman–Crippen LogP) is 5.06. The summed E-state index contributed by atoms with van der Waals surface area (Å²) in [5, 5.41) is 0. The first-order chi connectivity index (χ1) is 8.00. The van der Waals surface area contributed by atoms with Crippen LogP contribution in [0.5, 0.6) is 0 Å². The summed E-state index contributed by atoms with van der Waals surface area (Å²) in [5.41, 5.74) is 1.86. The molecular formula is C15H32OSi2. The van der Waals surface area contributed by atoms with E-state index in [9.17, 15) is 0 Å². The van der Waals surface area contributed by atoms with Gasteiger partial charge in [0.25, 0.3) is 0 Å². The van der Waals surface area contributed by atoms with Crippen LogP contribution < -0.4 is 0 Å². The highest BCUT2D eigenvalue weighted by Crippen LogP contribution is 2.43. The van der Waals surface area contributed by atoms with Crippen LogP contribution in [0.15, 0.2) is 0 Å². The normalized spacial score (nSPS) is 15.3. The molecule has 1 nitrogen and oxygen atoms in total. The lowest BCUT2D eigenvalue weighted by Crippen LogP contribution is -2.54. The maximum absolute atomic E-state index is 6.70. The Hall–Kier alpha value is -0.0462. The van der Waals surface area contributed by atoms with Gasteiger partial charge in [-0.05, 0) is 16.6 Å². The number of rotatable bonds is 6. The molecule has 0 aliphatic carbocycles. The summed E-state index contributed by atoms with van der Waals surface area (Å²) < 4.78 is 6.70. The van der Waals surface area contributed by atoms with Crippen LogP contribution in [0, 0.1) is 12.3 Å². The fourth-order valence-electron chi connectivity index (χ4n) is 3.07. The Balaban J connectivity index is 5.44. The first-order valence-electron chi connectivity index (χ1n) is 7.14. The third-order valence-electron chi connectivity index (χ3n) is 3.97. The van der Waals surface area contributed by atoms with Gasteiger partial charge in [-0.1, -0.05) is 67.1 Å². The van der Waals surface area contributed by atoms with Crippen molar-refractivity contribution in [3.63, 3.8) is 0 Å². The van der Waals surface area contributed by atoms with Crippen LogP contribution in [-0.4, -0.2) is 22.1 Å². The van der Waals surface area contributed by atoms with Gasteiger partial charge in [0.1, 0.15) is 0 Å². The van der Waals surface area contributed by atoms with Crippen molar-refractivity contribution in [2.24, 2.45) is 0 Å². The van der Waals surface area contributed by atoms with Crippen molar-refractivity contribution in [3.8, 4) is 12.3 Å². The predicted molar refractivity (Wildman–Crippen MR) is 88.1 cm³/mol. The maximum atomic E-state index is 6.70. The second-order valence-electron chi connectivity index (χ2n) is 7.35. The largest absolute Gasteiger partial charge is 0.406 e. The maximum Gasteiger partial charge on any atom is 0.201 e. The minimum absolute atomic E-state index is 0.0522. The Kier molecular flexibility index (Phi) is 6.39. The second-order valence-corrected chi connectivity index (χ2v) is 18.0. The minimum atomic E-state index is -1.83. The van der Waals surface area contributed by atoms with Gasteiger partial charge in [-0.15, -0.1) is 6.42 Å². The van der Waals surface area contributed by atoms with Crippen LogP contribution in [0.25, 0.3) is 0 Å². The molecule has 1 atom stereocenters. The summed E-state index contributed by atoms with van der Waals surface area (Å²) in [7, 11) is -3.29. The Labute approximate surface area is 117 Å². The summed E-state index contributed by atoms with van der Waals surface area (Å²) in [6, 6.07) is 0. The van der Waals surface area contributed by atoms with E-state index in [-0.39, 0.29) is 5.73 Å². The van der Waals surface area contributed by atoms with Crippen molar-refractivity contribution >= 4 is 16.4 Å². The third kappa shape index (κ3) is 3.72. The van der Waals surface area contributed by atoms with E-state index in [2.05, 4.69) is 67.1 Å². The van der Waals surface area contributed by atoms with Gasteiger partial charge in [0.05, 0.1) is 13.8 Å². The van der Waals surface area contributed by atoms with E-state index < -0.39 is 16.4 Å². The van der Waals surface area contributed by atoms with E-state index in [1.807, 2.05) is 0 Å². The molecule has 18 heavy (non-hydrogen) atoms. The van der Waals surface area contributed by atoms with Crippen LogP contribution in [0.2, 0.25) is 36.3 Å². The monoisotopic (exact) mass is 284 g/mol. The van der Waals surface area contributed by atoms with Crippen molar-refractivity contribution in [1.29, 1.82) is 0 Å². The molecule has 0 saturated carbocycles. The first kappa shape index (κ1) is 18.0. The van der Waals surface area contributed by atoms with Gasteiger partial charge in [0.15, 0.2) is 0 Å². The third-order valence-corrected chi connectivity index (χ3v) is 12.1. The molecule has 0 saturated heterocycles. The Bertz CT molecular complexity index is 273. The van der Waals surface area contributed by atoms with Crippen LogP contribution in [-0.2, 0) is 4.43 Å². The highest BCUT2D eigenvalue weighted by Gasteiger charge is 2.48. The van der Waals surface area contributed by atoms with Crippen LogP contribution in [0.3, 0.4) is 0 Å². The first-order valence-corrected chi connectivity index (χ1v) is 12.9. The van der Waals surface area contributed by atoms with Crippen molar-refractivity contribution in [1.82, 2.24) is 0 Å². The lowest BCUT2D eigenvalue weighted by Gasteiger charge is -2.45. The molecule has 1 unspecified atom stereocenters. The molecule has 0 amide bonds. The average molecular weight is 285 g/mol. The van der Waals surface area contributed by atoms with Crippen molar-refractivity contribution in [2.75, 3.05) is 0 Å². The number of hydrogen-bond donors (Lipinski definition) is 0. The molecule has 0 rings (SSSR count). The molecule has 3 heteroatoms. The molecule has 0 aromatic carbocycles. The van der Waals surface area contributed by atoms with E-state index in [0.29, 0.717) is 16.6 Å². The molecular weight excluding hydrogens is 252 g/mol. The number of terminal acetylenes is 1. The molecule has 106 valence electrons. The fraction of sp³-hybridized carbons (Fsp3) is 0.867. The standard InChI is InChI=1S/C15H32OSi2/c1-11-15(17(8,9)10)16-18(12(2)3,13(4)5)14(6)7/h1,12-15H,2-10H3. The van der Waals surface area contributed by atoms with E-state index in [4.69, 9.17) is 10.8 Å². The van der Waals surface area contributed by atoms with Gasteiger partial charge in [0, 0.05) is 0 Å². The molecule has 0 aliphatic rings. The molecule has 0 fully saturated rings. The zero-order valence-electron chi connectivity index (χ0n) is 13.8. The zero-order chi connectivity index (χ0) is 14.7. The summed E-state index contributed by atoms with van der Waals surface area (Å²) in [6.07, 6.45) is 5.75. The molecule has 0 aromatic rings. The second kappa shape index (κ2) is 6.41. The summed E-state index contributed by atoms with van der Waals surface area (Å²) in [4.78, 5) is 0. The van der Waals surface area contributed by atoms with Gasteiger partial charge in [-0.3, -0.25) is 0 Å². The SMILES string of the molecule is C#CC(O[Si](C(C)C)(C(C)C)C(C)C)[Si](C)(C)C. The fourth-order valence-corrected chi connectivity index (χ4v) is 10.9. The van der Waals surface area contributed by atoms with Gasteiger partial charge in [-0.25, -0.2) is 0 Å². The van der Waals surface area contributed by atoms with Gasteiger partial charge in [-0.2, -0.15) is 0 Å². The molecule has 0 radical (unpaired) electrons. The summed E-state index contributed by atoms with van der Waals surface area (Å²) in [5.74, 6) is 2.94. The quantitative estimate of drug-likeness (QED) is 0.489. The van der Waals surface area contributed by atoms with Crippen LogP contribution in [0.4, 0.5) is 0 Å². The Morgan fingerprint density at radius 3 is 1.33 bits per heavy atom. The smallest absolute Gasteiger partial charge is 0.201 e. The van der Waals surface area contributed by atoms with Gasteiger partial charge < -0.3 is 4.43 Å². The van der Waals surface area contributed by atoms with Gasteiger partial charge in [0.2, 0.25) is 8.32 Å². The van der Waals surface area contributed by atoms with E-state index >= 15 is 0 Å². The number of hydrogen-bond acceptors (Lipinski definition) is 1. The van der Waals surface area contributed by atoms with Crippen LogP contribution in [0.1, 0.15) is 41.5 Å². The molecule has 0 N–H and O–H groups in total. The van der Waals surface area contributed by atoms with Crippen molar-refractivity contribution in [2.45, 2.75) is 83.5 Å². The summed E-state index contributed by atoms with van der Waals surface area (Å²) >= 11 is 0. The average Bonchev–Trinajstić information content (AvgIpc) is 2.15. The molecule has 0 heterocycles. The lowest BCUT2D eigenvalue weighted by atomic mass is 10.5. The lowest BCUT2D eigenvalue weighted by molar-refractivity contribution is 0.281. The van der Waals surface area contributed by atoms with Gasteiger partial charge >= 0.3 is 0 Å². The summed E-state index contributed by atoms with van der Waals surface area (Å²) in [6.45, 7) is 20.8. The highest BCUT2D eigenvalue weighted by molar-refractivity contribution is 6.82. The van der Waals surface area contributed by atoms with E-state index in [1.54, 1.807) is 0 Å². The van der Waals surface area contributed by atoms with Crippen LogP contribution >= 0.6 is 0 Å². The molecule has 0 bridgehead atoms. The minimum Gasteiger partial charge on any atom is -0.406 e. The van der Waals surface area contributed by atoms with E-state index in [0.717, 1.165) is 0 Å². The molecule has 0 spiro atoms.